The summed E-state index contributed by atoms with van der Waals surface area (Å²) in [5.41, 5.74) is 1.59. The maximum Gasteiger partial charge on any atom is 0.273 e. The molecule has 0 amide bonds. The summed E-state index contributed by atoms with van der Waals surface area (Å²) in [5, 5.41) is 1.61. The minimum Gasteiger partial charge on any atom is -0.293 e. The Morgan fingerprint density at radius 1 is 1.10 bits per heavy atom. The molecule has 0 aliphatic heterocycles. The summed E-state index contributed by atoms with van der Waals surface area (Å²) in [4.78, 5) is 30.1. The number of halogens is 2. The van der Waals surface area contributed by atoms with Gasteiger partial charge in [0.15, 0.2) is 20.5 Å². The van der Waals surface area contributed by atoms with E-state index in [9.17, 15) is 9.59 Å². The molecule has 0 spiro atoms. The second-order valence-corrected chi connectivity index (χ2v) is 9.77. The summed E-state index contributed by atoms with van der Waals surface area (Å²) in [6.07, 6.45) is 0. The van der Waals surface area contributed by atoms with Crippen molar-refractivity contribution in [2.75, 3.05) is 5.75 Å². The normalized spacial score (nSPS) is 11.2. The van der Waals surface area contributed by atoms with Gasteiger partial charge in [-0.1, -0.05) is 46.3 Å². The van der Waals surface area contributed by atoms with Crippen LogP contribution in [-0.2, 0) is 7.05 Å². The molecule has 30 heavy (non-hydrogen) atoms. The van der Waals surface area contributed by atoms with E-state index >= 15 is 0 Å². The van der Waals surface area contributed by atoms with Gasteiger partial charge in [-0.2, -0.15) is 0 Å². The molecule has 0 saturated heterocycles. The Morgan fingerprint density at radius 3 is 2.33 bits per heavy atom. The average molecular weight is 494 g/mol. The van der Waals surface area contributed by atoms with Crippen molar-refractivity contribution >= 4 is 74.6 Å². The lowest BCUT2D eigenvalue weighted by atomic mass is 10.1. The predicted molar refractivity (Wildman–Crippen MR) is 127 cm³/mol. The SMILES string of the molecule is Cn1c(SCC(=O)c2ccc(Cl)cc2)nc2c(sc(=S)n2-c2ccc(Cl)cc2)c1=O. The van der Waals surface area contributed by atoms with Crippen LogP contribution < -0.4 is 5.56 Å². The summed E-state index contributed by atoms with van der Waals surface area (Å²) in [6.45, 7) is 0. The number of thioether (sulfide) groups is 1. The van der Waals surface area contributed by atoms with Crippen LogP contribution in [0.15, 0.2) is 58.5 Å². The number of nitrogens with zero attached hydrogens (tertiary/aromatic N) is 3. The van der Waals surface area contributed by atoms with Crippen molar-refractivity contribution < 1.29 is 4.79 Å². The fraction of sp³-hybridized carbons (Fsp3) is 0.100. The van der Waals surface area contributed by atoms with Crippen molar-refractivity contribution in [2.24, 2.45) is 7.05 Å². The zero-order valence-electron chi connectivity index (χ0n) is 15.5. The molecule has 0 aliphatic rings. The molecule has 2 aromatic heterocycles. The number of rotatable bonds is 5. The van der Waals surface area contributed by atoms with Gasteiger partial charge in [-0.3, -0.25) is 18.7 Å². The number of hydrogen-bond acceptors (Lipinski definition) is 6. The predicted octanol–water partition coefficient (Wildman–Crippen LogP) is 5.80. The maximum absolute atomic E-state index is 12.9. The number of fused-ring (bicyclic) bond motifs is 1. The first-order valence-corrected chi connectivity index (χ1v) is 11.6. The molecule has 10 heteroatoms. The fourth-order valence-corrected chi connectivity index (χ4v) is 5.27. The van der Waals surface area contributed by atoms with Crippen molar-refractivity contribution in [3.63, 3.8) is 0 Å². The quantitative estimate of drug-likeness (QED) is 0.152. The Morgan fingerprint density at radius 2 is 1.70 bits per heavy atom. The molecule has 0 N–H and O–H groups in total. The molecular formula is C20H13Cl2N3O2S3. The summed E-state index contributed by atoms with van der Waals surface area (Å²) in [7, 11) is 1.64. The van der Waals surface area contributed by atoms with Crippen LogP contribution in [0.2, 0.25) is 10.0 Å². The van der Waals surface area contributed by atoms with Crippen molar-refractivity contribution in [3.8, 4) is 5.69 Å². The molecule has 0 bridgehead atoms. The number of hydrogen-bond donors (Lipinski definition) is 0. The summed E-state index contributed by atoms with van der Waals surface area (Å²) < 4.78 is 4.17. The van der Waals surface area contributed by atoms with Gasteiger partial charge in [0.1, 0.15) is 4.70 Å². The Balaban J connectivity index is 1.73. The molecule has 2 heterocycles. The van der Waals surface area contributed by atoms with E-state index in [0.717, 1.165) is 5.69 Å². The molecule has 4 aromatic rings. The van der Waals surface area contributed by atoms with Gasteiger partial charge in [0.05, 0.1) is 5.75 Å². The Labute approximate surface area is 194 Å². The van der Waals surface area contributed by atoms with Crippen LogP contribution in [0.4, 0.5) is 0 Å². The van der Waals surface area contributed by atoms with Crippen LogP contribution in [0.5, 0.6) is 0 Å². The third-order valence-corrected chi connectivity index (χ3v) is 7.24. The van der Waals surface area contributed by atoms with E-state index < -0.39 is 0 Å². The van der Waals surface area contributed by atoms with Gasteiger partial charge in [0.25, 0.3) is 5.56 Å². The molecule has 0 atom stereocenters. The van der Waals surface area contributed by atoms with E-state index in [0.29, 0.717) is 35.1 Å². The highest BCUT2D eigenvalue weighted by Gasteiger charge is 2.17. The number of Topliss-reactive ketones (excluding diaryl/α,β-unsaturated/α-hetero) is 1. The van der Waals surface area contributed by atoms with Crippen LogP contribution in [-0.4, -0.2) is 25.7 Å². The van der Waals surface area contributed by atoms with Gasteiger partial charge in [-0.15, -0.1) is 0 Å². The van der Waals surface area contributed by atoms with E-state index in [1.807, 2.05) is 12.1 Å². The van der Waals surface area contributed by atoms with Gasteiger partial charge in [-0.05, 0) is 60.7 Å². The van der Waals surface area contributed by atoms with Crippen molar-refractivity contribution in [1.82, 2.24) is 14.1 Å². The molecule has 5 nitrogen and oxygen atoms in total. The third-order valence-electron chi connectivity index (χ3n) is 4.36. The zero-order chi connectivity index (χ0) is 21.4. The maximum atomic E-state index is 12.9. The average Bonchev–Trinajstić information content (AvgIpc) is 3.06. The van der Waals surface area contributed by atoms with Crippen LogP contribution in [0, 0.1) is 3.95 Å². The largest absolute Gasteiger partial charge is 0.293 e. The molecule has 0 saturated carbocycles. The smallest absolute Gasteiger partial charge is 0.273 e. The molecule has 0 unspecified atom stereocenters. The zero-order valence-corrected chi connectivity index (χ0v) is 19.4. The van der Waals surface area contributed by atoms with Gasteiger partial charge in [-0.25, -0.2) is 4.98 Å². The first kappa shape index (κ1) is 21.3. The summed E-state index contributed by atoms with van der Waals surface area (Å²) >= 11 is 19.8. The van der Waals surface area contributed by atoms with Gasteiger partial charge < -0.3 is 0 Å². The van der Waals surface area contributed by atoms with E-state index in [-0.39, 0.29) is 17.1 Å². The van der Waals surface area contributed by atoms with Crippen LogP contribution in [0.25, 0.3) is 16.0 Å². The van der Waals surface area contributed by atoms with Crippen molar-refractivity contribution in [3.05, 3.63) is 78.4 Å². The molecule has 2 aromatic carbocycles. The molecule has 0 radical (unpaired) electrons. The first-order valence-electron chi connectivity index (χ1n) is 8.65. The van der Waals surface area contributed by atoms with E-state index in [1.54, 1.807) is 48.0 Å². The fourth-order valence-electron chi connectivity index (χ4n) is 2.81. The van der Waals surface area contributed by atoms with Gasteiger partial charge in [0, 0.05) is 28.3 Å². The van der Waals surface area contributed by atoms with Crippen molar-refractivity contribution in [1.29, 1.82) is 0 Å². The summed E-state index contributed by atoms with van der Waals surface area (Å²) in [6, 6.07) is 13.8. The second-order valence-electron chi connectivity index (χ2n) is 6.31. The van der Waals surface area contributed by atoms with E-state index in [2.05, 4.69) is 4.98 Å². The van der Waals surface area contributed by atoms with Gasteiger partial charge in [0.2, 0.25) is 0 Å². The van der Waals surface area contributed by atoms with E-state index in [4.69, 9.17) is 35.4 Å². The number of thiazole rings is 1. The highest BCUT2D eigenvalue weighted by molar-refractivity contribution is 7.99. The standard InChI is InChI=1S/C20H13Cl2N3O2S3/c1-24-18(27)16-17(25(20(28)30-16)14-8-6-13(22)7-9-14)23-19(24)29-10-15(26)11-2-4-12(21)5-3-11/h2-9H,10H2,1H3. The monoisotopic (exact) mass is 493 g/mol. The molecule has 0 aliphatic carbocycles. The van der Waals surface area contributed by atoms with Crippen molar-refractivity contribution in [2.45, 2.75) is 5.16 Å². The van der Waals surface area contributed by atoms with Crippen LogP contribution >= 0.6 is 58.5 Å². The lowest BCUT2D eigenvalue weighted by Gasteiger charge is -2.09. The summed E-state index contributed by atoms with van der Waals surface area (Å²) in [5.74, 6) is 0.0602. The molecule has 152 valence electrons. The van der Waals surface area contributed by atoms with Gasteiger partial charge >= 0.3 is 0 Å². The Hall–Kier alpha value is -1.97. The first-order chi connectivity index (χ1) is 14.3. The topological polar surface area (TPSA) is 56.9 Å². The number of ketones is 1. The van der Waals surface area contributed by atoms with Crippen LogP contribution in [0.1, 0.15) is 10.4 Å². The molecular weight excluding hydrogens is 481 g/mol. The number of aromatic nitrogens is 3. The highest BCUT2D eigenvalue weighted by Crippen LogP contribution is 2.26. The Kier molecular flexibility index (Phi) is 6.13. The number of benzene rings is 2. The lowest BCUT2D eigenvalue weighted by Crippen LogP contribution is -2.20. The molecule has 0 fully saturated rings. The number of carbonyl (C=O) groups excluding carboxylic acids is 1. The Bertz CT molecular complexity index is 1370. The minimum atomic E-state index is -0.203. The second kappa shape index (κ2) is 8.64. The third kappa shape index (κ3) is 4.10. The lowest BCUT2D eigenvalue weighted by molar-refractivity contribution is 0.102. The minimum absolute atomic E-state index is 0.0779. The van der Waals surface area contributed by atoms with E-state index in [1.165, 1.54) is 27.7 Å². The number of carbonyl (C=O) groups is 1. The highest BCUT2D eigenvalue weighted by atomic mass is 35.5. The molecule has 4 rings (SSSR count). The van der Waals surface area contributed by atoms with Crippen LogP contribution in [0.3, 0.4) is 0 Å².